The van der Waals surface area contributed by atoms with Crippen molar-refractivity contribution in [2.75, 3.05) is 18.0 Å². The molecule has 0 saturated carbocycles. The average Bonchev–Trinajstić information content (AvgIpc) is 2.72. The Morgan fingerprint density at radius 3 is 2.54 bits per heavy atom. The van der Waals surface area contributed by atoms with Gasteiger partial charge in [0.2, 0.25) is 0 Å². The number of carbonyl (C=O) groups excluding carboxylic acids is 1. The summed E-state index contributed by atoms with van der Waals surface area (Å²) in [6.45, 7) is 8.56. The molecule has 1 saturated heterocycles. The largest absolute Gasteiger partial charge is 0.481 e. The van der Waals surface area contributed by atoms with Crippen LogP contribution in [0.2, 0.25) is 0 Å². The van der Waals surface area contributed by atoms with E-state index < -0.39 is 6.10 Å². The molecule has 1 aliphatic rings. The number of nitrogens with one attached hydrogen (secondary N) is 1. The maximum atomic E-state index is 12.7. The van der Waals surface area contributed by atoms with Gasteiger partial charge < -0.3 is 15.0 Å². The molecular formula is C24H32N2O2. The van der Waals surface area contributed by atoms with E-state index in [0.717, 1.165) is 30.3 Å². The van der Waals surface area contributed by atoms with Gasteiger partial charge in [0.05, 0.1) is 6.04 Å². The summed E-state index contributed by atoms with van der Waals surface area (Å²) in [5, 5.41) is 3.10. The Morgan fingerprint density at radius 2 is 1.89 bits per heavy atom. The van der Waals surface area contributed by atoms with Gasteiger partial charge in [0, 0.05) is 18.8 Å². The summed E-state index contributed by atoms with van der Waals surface area (Å²) in [6, 6.07) is 18.0. The molecule has 1 aliphatic heterocycles. The zero-order valence-electron chi connectivity index (χ0n) is 17.2. The monoisotopic (exact) mass is 380 g/mol. The molecule has 150 valence electrons. The number of carbonyl (C=O) groups is 1. The van der Waals surface area contributed by atoms with Crippen LogP contribution in [0.15, 0.2) is 54.6 Å². The number of amides is 1. The highest BCUT2D eigenvalue weighted by Gasteiger charge is 2.21. The van der Waals surface area contributed by atoms with Crippen LogP contribution in [0.4, 0.5) is 5.69 Å². The van der Waals surface area contributed by atoms with Crippen molar-refractivity contribution in [3.05, 3.63) is 60.2 Å². The van der Waals surface area contributed by atoms with Crippen molar-refractivity contribution in [3.63, 3.8) is 0 Å². The second-order valence-corrected chi connectivity index (χ2v) is 7.84. The molecule has 0 radical (unpaired) electrons. The highest BCUT2D eigenvalue weighted by Crippen LogP contribution is 2.25. The number of ether oxygens (including phenoxy) is 1. The number of hydrogen-bond acceptors (Lipinski definition) is 3. The maximum absolute atomic E-state index is 12.7. The second-order valence-electron chi connectivity index (χ2n) is 7.84. The SMILES string of the molecule is CCC(Oc1ccccc1)C(=O)NC(C)c1ccc(N2CCCC(C)C2)cc1. The van der Waals surface area contributed by atoms with Crippen molar-refractivity contribution in [2.45, 2.75) is 52.2 Å². The van der Waals surface area contributed by atoms with Crippen LogP contribution in [-0.4, -0.2) is 25.1 Å². The Kier molecular flexibility index (Phi) is 6.96. The van der Waals surface area contributed by atoms with Crippen LogP contribution in [-0.2, 0) is 4.79 Å². The molecule has 1 heterocycles. The van der Waals surface area contributed by atoms with Gasteiger partial charge in [0.15, 0.2) is 6.10 Å². The lowest BCUT2D eigenvalue weighted by atomic mass is 9.99. The number of nitrogens with zero attached hydrogens (tertiary/aromatic N) is 1. The van der Waals surface area contributed by atoms with Gasteiger partial charge in [0.25, 0.3) is 5.91 Å². The minimum absolute atomic E-state index is 0.0600. The van der Waals surface area contributed by atoms with Crippen molar-refractivity contribution in [1.29, 1.82) is 0 Å². The van der Waals surface area contributed by atoms with Crippen molar-refractivity contribution in [1.82, 2.24) is 5.32 Å². The summed E-state index contributed by atoms with van der Waals surface area (Å²) in [4.78, 5) is 15.1. The summed E-state index contributed by atoms with van der Waals surface area (Å²) in [6.07, 6.45) is 2.72. The minimum atomic E-state index is -0.487. The van der Waals surface area contributed by atoms with Crippen molar-refractivity contribution in [3.8, 4) is 5.75 Å². The normalized spacial score (nSPS) is 19.0. The Balaban J connectivity index is 1.58. The topological polar surface area (TPSA) is 41.6 Å². The molecule has 0 spiro atoms. The van der Waals surface area contributed by atoms with Crippen LogP contribution in [0.25, 0.3) is 0 Å². The zero-order valence-corrected chi connectivity index (χ0v) is 17.2. The smallest absolute Gasteiger partial charge is 0.261 e. The Morgan fingerprint density at radius 1 is 1.18 bits per heavy atom. The molecule has 28 heavy (non-hydrogen) atoms. The molecule has 1 amide bonds. The van der Waals surface area contributed by atoms with E-state index in [1.165, 1.54) is 18.5 Å². The summed E-state index contributed by atoms with van der Waals surface area (Å²) >= 11 is 0. The molecule has 4 nitrogen and oxygen atoms in total. The number of piperidine rings is 1. The molecule has 0 aliphatic carbocycles. The summed E-state index contributed by atoms with van der Waals surface area (Å²) in [5.41, 5.74) is 2.38. The predicted molar refractivity (Wildman–Crippen MR) is 115 cm³/mol. The van der Waals surface area contributed by atoms with Gasteiger partial charge >= 0.3 is 0 Å². The van der Waals surface area contributed by atoms with Crippen LogP contribution in [0.3, 0.4) is 0 Å². The first-order valence-corrected chi connectivity index (χ1v) is 10.4. The van der Waals surface area contributed by atoms with Gasteiger partial charge in [-0.2, -0.15) is 0 Å². The molecule has 2 aromatic carbocycles. The predicted octanol–water partition coefficient (Wildman–Crippen LogP) is 4.96. The first-order valence-electron chi connectivity index (χ1n) is 10.4. The number of benzene rings is 2. The van der Waals surface area contributed by atoms with Crippen molar-refractivity contribution >= 4 is 11.6 Å². The van der Waals surface area contributed by atoms with Crippen LogP contribution in [0.5, 0.6) is 5.75 Å². The molecule has 2 aromatic rings. The van der Waals surface area contributed by atoms with Gasteiger partial charge in [0.1, 0.15) is 5.75 Å². The summed E-state index contributed by atoms with van der Waals surface area (Å²) in [7, 11) is 0. The molecule has 1 fully saturated rings. The zero-order chi connectivity index (χ0) is 19.9. The van der Waals surface area contributed by atoms with Gasteiger partial charge in [-0.1, -0.05) is 44.2 Å². The van der Waals surface area contributed by atoms with E-state index in [1.807, 2.05) is 44.2 Å². The van der Waals surface area contributed by atoms with E-state index in [0.29, 0.717) is 6.42 Å². The maximum Gasteiger partial charge on any atom is 0.261 e. The quantitative estimate of drug-likeness (QED) is 0.738. The van der Waals surface area contributed by atoms with Crippen LogP contribution < -0.4 is 15.0 Å². The third kappa shape index (κ3) is 5.28. The molecule has 3 unspecified atom stereocenters. The van der Waals surface area contributed by atoms with E-state index in [-0.39, 0.29) is 11.9 Å². The van der Waals surface area contributed by atoms with Crippen LogP contribution in [0.1, 0.15) is 51.6 Å². The average molecular weight is 381 g/mol. The molecule has 4 heteroatoms. The van der Waals surface area contributed by atoms with Crippen molar-refractivity contribution in [2.24, 2.45) is 5.92 Å². The lowest BCUT2D eigenvalue weighted by molar-refractivity contribution is -0.128. The lowest BCUT2D eigenvalue weighted by Crippen LogP contribution is -2.39. The first-order chi connectivity index (χ1) is 13.6. The molecule has 0 bridgehead atoms. The molecule has 1 N–H and O–H groups in total. The van der Waals surface area contributed by atoms with E-state index >= 15 is 0 Å². The number of hydrogen-bond donors (Lipinski definition) is 1. The fraction of sp³-hybridized carbons (Fsp3) is 0.458. The van der Waals surface area contributed by atoms with Crippen LogP contribution >= 0.6 is 0 Å². The molecule has 3 atom stereocenters. The fourth-order valence-electron chi connectivity index (χ4n) is 3.77. The Labute approximate surface area is 168 Å². The van der Waals surface area contributed by atoms with Gasteiger partial charge in [-0.05, 0) is 61.9 Å². The number of rotatable bonds is 7. The number of anilines is 1. The Hall–Kier alpha value is -2.49. The highest BCUT2D eigenvalue weighted by molar-refractivity contribution is 5.81. The van der Waals surface area contributed by atoms with E-state index in [1.54, 1.807) is 0 Å². The molecule has 0 aromatic heterocycles. The highest BCUT2D eigenvalue weighted by atomic mass is 16.5. The third-order valence-corrected chi connectivity index (χ3v) is 5.46. The van der Waals surface area contributed by atoms with Gasteiger partial charge in [-0.3, -0.25) is 4.79 Å². The molecule has 3 rings (SSSR count). The first kappa shape index (κ1) is 20.2. The van der Waals surface area contributed by atoms with Crippen LogP contribution in [0, 0.1) is 5.92 Å². The van der Waals surface area contributed by atoms with E-state index in [9.17, 15) is 4.79 Å². The summed E-state index contributed by atoms with van der Waals surface area (Å²) in [5.74, 6) is 1.40. The standard InChI is InChI=1S/C24H32N2O2/c1-4-23(28-22-10-6-5-7-11-22)24(27)25-19(3)20-12-14-21(15-13-20)26-16-8-9-18(2)17-26/h5-7,10-15,18-19,23H,4,8-9,16-17H2,1-3H3,(H,25,27). The summed E-state index contributed by atoms with van der Waals surface area (Å²) < 4.78 is 5.85. The van der Waals surface area contributed by atoms with Gasteiger partial charge in [-0.25, -0.2) is 0 Å². The van der Waals surface area contributed by atoms with E-state index in [4.69, 9.17) is 4.74 Å². The lowest BCUT2D eigenvalue weighted by Gasteiger charge is -2.33. The fourth-order valence-corrected chi connectivity index (χ4v) is 3.77. The number of para-hydroxylation sites is 1. The van der Waals surface area contributed by atoms with Gasteiger partial charge in [-0.15, -0.1) is 0 Å². The minimum Gasteiger partial charge on any atom is -0.481 e. The third-order valence-electron chi connectivity index (χ3n) is 5.46. The molecular weight excluding hydrogens is 348 g/mol. The second kappa shape index (κ2) is 9.63. The Bertz CT molecular complexity index is 745. The van der Waals surface area contributed by atoms with E-state index in [2.05, 4.69) is 41.4 Å². The van der Waals surface area contributed by atoms with Crippen molar-refractivity contribution < 1.29 is 9.53 Å².